The van der Waals surface area contributed by atoms with Crippen molar-refractivity contribution in [2.75, 3.05) is 12.4 Å². The van der Waals surface area contributed by atoms with Crippen molar-refractivity contribution >= 4 is 23.3 Å². The first-order valence-electron chi connectivity index (χ1n) is 5.76. The maximum atomic E-state index is 11.7. The van der Waals surface area contributed by atoms with Crippen LogP contribution < -0.4 is 5.32 Å². The molecule has 19 heavy (non-hydrogen) atoms. The van der Waals surface area contributed by atoms with Gasteiger partial charge in [0, 0.05) is 10.7 Å². The van der Waals surface area contributed by atoms with E-state index >= 15 is 0 Å². The summed E-state index contributed by atoms with van der Waals surface area (Å²) in [5, 5.41) is 3.63. The molecule has 0 atom stereocenters. The van der Waals surface area contributed by atoms with Crippen molar-refractivity contribution in [1.29, 1.82) is 0 Å². The molecule has 0 radical (unpaired) electrons. The quantitative estimate of drug-likeness (QED) is 0.868. The predicted molar refractivity (Wildman–Crippen MR) is 73.6 cm³/mol. The molecule has 2 aromatic rings. The highest BCUT2D eigenvalue weighted by Gasteiger charge is 2.13. The van der Waals surface area contributed by atoms with Crippen LogP contribution in [0.25, 0.3) is 0 Å². The fourth-order valence-electron chi connectivity index (χ4n) is 1.71. The van der Waals surface area contributed by atoms with Gasteiger partial charge in [-0.25, -0.2) is 4.79 Å². The van der Waals surface area contributed by atoms with E-state index in [1.807, 2.05) is 13.0 Å². The topological polar surface area (TPSA) is 51.5 Å². The molecule has 100 valence electrons. The van der Waals surface area contributed by atoms with Gasteiger partial charge in [0.1, 0.15) is 5.76 Å². The molecule has 0 aliphatic carbocycles. The van der Waals surface area contributed by atoms with E-state index in [0.29, 0.717) is 22.8 Å². The first kappa shape index (κ1) is 13.5. The highest BCUT2D eigenvalue weighted by molar-refractivity contribution is 6.31. The van der Waals surface area contributed by atoms with Crippen molar-refractivity contribution in [2.24, 2.45) is 0 Å². The molecule has 0 unspecified atom stereocenters. The molecule has 0 spiro atoms. The zero-order chi connectivity index (χ0) is 13.8. The van der Waals surface area contributed by atoms with Crippen LogP contribution in [-0.4, -0.2) is 13.1 Å². The number of carbonyl (C=O) groups excluding carboxylic acids is 1. The molecule has 0 fully saturated rings. The number of esters is 1. The standard InChI is InChI=1S/C14H14ClNO3/c1-9-5-6-19-13(9)8-16-12-4-3-10(15)7-11(12)14(17)18-2/h3-7,16H,8H2,1-2H3. The van der Waals surface area contributed by atoms with Gasteiger partial charge in [-0.05, 0) is 36.8 Å². The van der Waals surface area contributed by atoms with Crippen molar-refractivity contribution in [3.8, 4) is 0 Å². The molecule has 0 saturated heterocycles. The molecule has 4 nitrogen and oxygen atoms in total. The van der Waals surface area contributed by atoms with E-state index < -0.39 is 5.97 Å². The number of hydrogen-bond acceptors (Lipinski definition) is 4. The summed E-state index contributed by atoms with van der Waals surface area (Å²) in [5.74, 6) is 0.395. The number of aryl methyl sites for hydroxylation is 1. The molecule has 0 aliphatic rings. The van der Waals surface area contributed by atoms with E-state index in [0.717, 1.165) is 11.3 Å². The maximum Gasteiger partial charge on any atom is 0.340 e. The van der Waals surface area contributed by atoms with Gasteiger partial charge >= 0.3 is 5.97 Å². The number of ether oxygens (including phenoxy) is 1. The zero-order valence-electron chi connectivity index (χ0n) is 10.7. The fourth-order valence-corrected chi connectivity index (χ4v) is 1.88. The van der Waals surface area contributed by atoms with Gasteiger partial charge in [0.15, 0.2) is 0 Å². The third-order valence-electron chi connectivity index (χ3n) is 2.79. The summed E-state index contributed by atoms with van der Waals surface area (Å²) in [6, 6.07) is 6.92. The maximum absolute atomic E-state index is 11.7. The van der Waals surface area contributed by atoms with Crippen LogP contribution in [0.15, 0.2) is 34.9 Å². The van der Waals surface area contributed by atoms with Crippen molar-refractivity contribution in [3.63, 3.8) is 0 Å². The van der Waals surface area contributed by atoms with E-state index in [-0.39, 0.29) is 0 Å². The second kappa shape index (κ2) is 5.80. The summed E-state index contributed by atoms with van der Waals surface area (Å²) < 4.78 is 10.1. The first-order chi connectivity index (χ1) is 9.11. The lowest BCUT2D eigenvalue weighted by molar-refractivity contribution is 0.0602. The Morgan fingerprint density at radius 2 is 2.21 bits per heavy atom. The molecule has 0 amide bonds. The van der Waals surface area contributed by atoms with Gasteiger partial charge in [-0.1, -0.05) is 11.6 Å². The molecule has 1 heterocycles. The van der Waals surface area contributed by atoms with E-state index in [1.54, 1.807) is 24.5 Å². The lowest BCUT2D eigenvalue weighted by Crippen LogP contribution is -2.08. The monoisotopic (exact) mass is 279 g/mol. The molecule has 1 aromatic carbocycles. The van der Waals surface area contributed by atoms with Gasteiger partial charge in [0.2, 0.25) is 0 Å². The molecular weight excluding hydrogens is 266 g/mol. The number of carbonyl (C=O) groups is 1. The average molecular weight is 280 g/mol. The number of hydrogen-bond donors (Lipinski definition) is 1. The van der Waals surface area contributed by atoms with Gasteiger partial charge in [0.25, 0.3) is 0 Å². The summed E-state index contributed by atoms with van der Waals surface area (Å²) in [4.78, 5) is 11.7. The minimum absolute atomic E-state index is 0.402. The first-order valence-corrected chi connectivity index (χ1v) is 6.14. The highest BCUT2D eigenvalue weighted by Crippen LogP contribution is 2.22. The van der Waals surface area contributed by atoms with E-state index in [9.17, 15) is 4.79 Å². The minimum Gasteiger partial charge on any atom is -0.467 e. The second-order valence-corrected chi connectivity index (χ2v) is 4.50. The third kappa shape index (κ3) is 3.09. The molecule has 0 bridgehead atoms. The van der Waals surface area contributed by atoms with Crippen molar-refractivity contribution in [2.45, 2.75) is 13.5 Å². The number of benzene rings is 1. The normalized spacial score (nSPS) is 10.3. The van der Waals surface area contributed by atoms with Gasteiger partial charge < -0.3 is 14.5 Å². The van der Waals surface area contributed by atoms with Gasteiger partial charge in [-0.15, -0.1) is 0 Å². The van der Waals surface area contributed by atoms with Crippen molar-refractivity contribution in [3.05, 3.63) is 52.4 Å². The minimum atomic E-state index is -0.429. The number of nitrogens with one attached hydrogen (secondary N) is 1. The van der Waals surface area contributed by atoms with Crippen LogP contribution in [0.4, 0.5) is 5.69 Å². The molecule has 0 saturated carbocycles. The molecular formula is C14H14ClNO3. The van der Waals surface area contributed by atoms with Crippen LogP contribution in [0, 0.1) is 6.92 Å². The largest absolute Gasteiger partial charge is 0.467 e. The summed E-state index contributed by atoms with van der Waals surface area (Å²) >= 11 is 5.89. The number of anilines is 1. The summed E-state index contributed by atoms with van der Waals surface area (Å²) in [6.45, 7) is 2.45. The van der Waals surface area contributed by atoms with Crippen LogP contribution in [-0.2, 0) is 11.3 Å². The molecule has 2 rings (SSSR count). The third-order valence-corrected chi connectivity index (χ3v) is 3.03. The van der Waals surface area contributed by atoms with Crippen LogP contribution in [0.1, 0.15) is 21.7 Å². The molecule has 5 heteroatoms. The lowest BCUT2D eigenvalue weighted by atomic mass is 10.1. The molecule has 1 aromatic heterocycles. The van der Waals surface area contributed by atoms with E-state index in [4.69, 9.17) is 20.8 Å². The number of halogens is 1. The SMILES string of the molecule is COC(=O)c1cc(Cl)ccc1NCc1occc1C. The average Bonchev–Trinajstić information content (AvgIpc) is 2.82. The lowest BCUT2D eigenvalue weighted by Gasteiger charge is -2.10. The zero-order valence-corrected chi connectivity index (χ0v) is 11.5. The smallest absolute Gasteiger partial charge is 0.340 e. The Morgan fingerprint density at radius 3 is 2.84 bits per heavy atom. The highest BCUT2D eigenvalue weighted by atomic mass is 35.5. The Bertz CT molecular complexity index is 592. The number of rotatable bonds is 4. The Hall–Kier alpha value is -1.94. The summed E-state index contributed by atoms with van der Waals surface area (Å²) in [7, 11) is 1.34. The Kier molecular flexibility index (Phi) is 4.12. The Labute approximate surface area is 116 Å². The second-order valence-electron chi connectivity index (χ2n) is 4.06. The van der Waals surface area contributed by atoms with Gasteiger partial charge in [0.05, 0.1) is 25.5 Å². The molecule has 1 N–H and O–H groups in total. The Morgan fingerprint density at radius 1 is 1.42 bits per heavy atom. The van der Waals surface area contributed by atoms with E-state index in [2.05, 4.69) is 5.32 Å². The van der Waals surface area contributed by atoms with Crippen LogP contribution >= 0.6 is 11.6 Å². The fraction of sp³-hybridized carbons (Fsp3) is 0.214. The van der Waals surface area contributed by atoms with Gasteiger partial charge in [-0.2, -0.15) is 0 Å². The van der Waals surface area contributed by atoms with Crippen LogP contribution in [0.5, 0.6) is 0 Å². The van der Waals surface area contributed by atoms with Crippen molar-refractivity contribution in [1.82, 2.24) is 0 Å². The van der Waals surface area contributed by atoms with E-state index in [1.165, 1.54) is 7.11 Å². The number of furan rings is 1. The predicted octanol–water partition coefficient (Wildman–Crippen LogP) is 3.64. The summed E-state index contributed by atoms with van der Waals surface area (Å²) in [6.07, 6.45) is 1.63. The summed E-state index contributed by atoms with van der Waals surface area (Å²) in [5.41, 5.74) is 2.12. The number of methoxy groups -OCH3 is 1. The van der Waals surface area contributed by atoms with Gasteiger partial charge in [-0.3, -0.25) is 0 Å². The van der Waals surface area contributed by atoms with Crippen LogP contribution in [0.3, 0.4) is 0 Å². The van der Waals surface area contributed by atoms with Crippen molar-refractivity contribution < 1.29 is 13.9 Å². The Balaban J connectivity index is 2.20. The van der Waals surface area contributed by atoms with Crippen LogP contribution in [0.2, 0.25) is 5.02 Å². The molecule has 0 aliphatic heterocycles.